The summed E-state index contributed by atoms with van der Waals surface area (Å²) in [6.07, 6.45) is 11.3. The molecular formula is C28H33ClN2. The predicted octanol–water partition coefficient (Wildman–Crippen LogP) is 7.04. The van der Waals surface area contributed by atoms with Gasteiger partial charge < -0.3 is 9.88 Å². The number of halogens is 1. The summed E-state index contributed by atoms with van der Waals surface area (Å²) in [5.41, 5.74) is 4.57. The standard InChI is InChI=1S/C28H33ClN2/c1-19(28-13-21-10-22(14-28)12-23(11-21)15-28)30-16-24-18-31(27-5-3-2-4-26(24)27)17-20-6-8-25(29)9-7-20/h2-9,18-19,21-23,30H,10-17H2,1H3/t19-,21?,22?,23?,28?/m1/s1. The molecule has 1 heterocycles. The third-order valence-electron chi connectivity index (χ3n) is 8.74. The SMILES string of the molecule is C[C@@H](NCc1cn(Cc2ccc(Cl)cc2)c2ccccc12)C12CC3CC(CC(C3)C1)C2. The number of benzene rings is 2. The lowest BCUT2D eigenvalue weighted by molar-refractivity contribution is -0.0706. The molecule has 1 aromatic heterocycles. The normalized spacial score (nSPS) is 30.2. The molecule has 0 saturated heterocycles. The van der Waals surface area contributed by atoms with Gasteiger partial charge in [0.05, 0.1) is 0 Å². The summed E-state index contributed by atoms with van der Waals surface area (Å²) in [6, 6.07) is 17.7. The highest BCUT2D eigenvalue weighted by Crippen LogP contribution is 2.61. The van der Waals surface area contributed by atoms with Gasteiger partial charge in [0, 0.05) is 41.3 Å². The van der Waals surface area contributed by atoms with Crippen molar-refractivity contribution in [2.45, 2.75) is 64.6 Å². The largest absolute Gasteiger partial charge is 0.343 e. The summed E-state index contributed by atoms with van der Waals surface area (Å²) < 4.78 is 2.39. The van der Waals surface area contributed by atoms with Crippen molar-refractivity contribution in [3.05, 3.63) is 70.9 Å². The molecule has 4 fully saturated rings. The quantitative estimate of drug-likeness (QED) is 0.442. The van der Waals surface area contributed by atoms with E-state index in [-0.39, 0.29) is 0 Å². The maximum absolute atomic E-state index is 6.08. The first-order valence-corrected chi connectivity index (χ1v) is 12.5. The van der Waals surface area contributed by atoms with Crippen molar-refractivity contribution in [2.24, 2.45) is 23.2 Å². The van der Waals surface area contributed by atoms with Crippen LogP contribution in [0.5, 0.6) is 0 Å². The van der Waals surface area contributed by atoms with Crippen molar-refractivity contribution in [2.75, 3.05) is 0 Å². The predicted molar refractivity (Wildman–Crippen MR) is 129 cm³/mol. The Kier molecular flexibility index (Phi) is 4.92. The van der Waals surface area contributed by atoms with Gasteiger partial charge in [-0.05, 0) is 97.9 Å². The number of hydrogen-bond donors (Lipinski definition) is 1. The fraction of sp³-hybridized carbons (Fsp3) is 0.500. The van der Waals surface area contributed by atoms with E-state index in [1.807, 2.05) is 12.1 Å². The Morgan fingerprint density at radius 3 is 2.29 bits per heavy atom. The van der Waals surface area contributed by atoms with Gasteiger partial charge in [0.1, 0.15) is 0 Å². The first-order valence-electron chi connectivity index (χ1n) is 12.1. The average Bonchev–Trinajstić information content (AvgIpc) is 3.10. The summed E-state index contributed by atoms with van der Waals surface area (Å²) in [7, 11) is 0. The summed E-state index contributed by atoms with van der Waals surface area (Å²) in [5.74, 6) is 3.03. The Morgan fingerprint density at radius 2 is 1.61 bits per heavy atom. The Bertz CT molecular complexity index is 1040. The van der Waals surface area contributed by atoms with E-state index >= 15 is 0 Å². The molecule has 0 radical (unpaired) electrons. The third kappa shape index (κ3) is 3.62. The van der Waals surface area contributed by atoms with Crippen molar-refractivity contribution in [3.8, 4) is 0 Å². The molecule has 162 valence electrons. The van der Waals surface area contributed by atoms with Crippen LogP contribution in [0.15, 0.2) is 54.7 Å². The van der Waals surface area contributed by atoms with Crippen LogP contribution in [0.1, 0.15) is 56.6 Å². The number of para-hydroxylation sites is 1. The molecule has 3 aromatic rings. The van der Waals surface area contributed by atoms with Crippen LogP contribution in [0.25, 0.3) is 10.9 Å². The summed E-state index contributed by atoms with van der Waals surface area (Å²) >= 11 is 6.08. The number of hydrogen-bond acceptors (Lipinski definition) is 1. The molecule has 4 aliphatic carbocycles. The van der Waals surface area contributed by atoms with Crippen molar-refractivity contribution < 1.29 is 0 Å². The molecule has 2 nitrogen and oxygen atoms in total. The molecular weight excluding hydrogens is 400 g/mol. The third-order valence-corrected chi connectivity index (χ3v) is 8.99. The number of aromatic nitrogens is 1. The molecule has 4 saturated carbocycles. The maximum atomic E-state index is 6.08. The van der Waals surface area contributed by atoms with E-state index in [1.165, 1.54) is 60.6 Å². The molecule has 1 atom stereocenters. The minimum absolute atomic E-state index is 0.552. The highest BCUT2D eigenvalue weighted by molar-refractivity contribution is 6.30. The van der Waals surface area contributed by atoms with Gasteiger partial charge in [0.15, 0.2) is 0 Å². The fourth-order valence-electron chi connectivity index (χ4n) is 7.57. The first-order chi connectivity index (χ1) is 15.1. The first kappa shape index (κ1) is 19.9. The van der Waals surface area contributed by atoms with Gasteiger partial charge in [-0.1, -0.05) is 41.9 Å². The molecule has 4 aliphatic rings. The van der Waals surface area contributed by atoms with E-state index < -0.39 is 0 Å². The zero-order chi connectivity index (χ0) is 21.0. The second-order valence-electron chi connectivity index (χ2n) is 10.8. The number of nitrogens with zero attached hydrogens (tertiary/aromatic N) is 1. The smallest absolute Gasteiger partial charge is 0.0486 e. The highest BCUT2D eigenvalue weighted by Gasteiger charge is 2.52. The van der Waals surface area contributed by atoms with E-state index in [4.69, 9.17) is 11.6 Å². The zero-order valence-corrected chi connectivity index (χ0v) is 19.2. The molecule has 2 aromatic carbocycles. The Hall–Kier alpha value is -1.77. The van der Waals surface area contributed by atoms with Gasteiger partial charge in [-0.3, -0.25) is 0 Å². The van der Waals surface area contributed by atoms with E-state index in [9.17, 15) is 0 Å². The Labute approximate surface area is 191 Å². The zero-order valence-electron chi connectivity index (χ0n) is 18.5. The lowest BCUT2D eigenvalue weighted by atomic mass is 9.48. The lowest BCUT2D eigenvalue weighted by Crippen LogP contribution is -2.54. The summed E-state index contributed by atoms with van der Waals surface area (Å²) in [4.78, 5) is 0. The van der Waals surface area contributed by atoms with Gasteiger partial charge in [-0.25, -0.2) is 0 Å². The van der Waals surface area contributed by atoms with Crippen LogP contribution >= 0.6 is 11.6 Å². The molecule has 31 heavy (non-hydrogen) atoms. The van der Waals surface area contributed by atoms with Crippen molar-refractivity contribution >= 4 is 22.5 Å². The summed E-state index contributed by atoms with van der Waals surface area (Å²) in [5, 5.41) is 6.17. The van der Waals surface area contributed by atoms with Crippen LogP contribution in [-0.4, -0.2) is 10.6 Å². The molecule has 4 bridgehead atoms. The number of rotatable bonds is 6. The lowest BCUT2D eigenvalue weighted by Gasteiger charge is -2.59. The molecule has 0 aliphatic heterocycles. The van der Waals surface area contributed by atoms with Gasteiger partial charge in [0.2, 0.25) is 0 Å². The van der Waals surface area contributed by atoms with E-state index in [2.05, 4.69) is 59.4 Å². The Morgan fingerprint density at radius 1 is 0.968 bits per heavy atom. The Balaban J connectivity index is 1.22. The molecule has 3 heteroatoms. The van der Waals surface area contributed by atoms with Crippen LogP contribution in [0.2, 0.25) is 5.02 Å². The van der Waals surface area contributed by atoms with E-state index in [0.717, 1.165) is 35.9 Å². The summed E-state index contributed by atoms with van der Waals surface area (Å²) in [6.45, 7) is 4.30. The van der Waals surface area contributed by atoms with E-state index in [1.54, 1.807) is 0 Å². The minimum Gasteiger partial charge on any atom is -0.343 e. The number of fused-ring (bicyclic) bond motifs is 1. The molecule has 7 rings (SSSR count). The van der Waals surface area contributed by atoms with Crippen molar-refractivity contribution in [3.63, 3.8) is 0 Å². The highest BCUT2D eigenvalue weighted by atomic mass is 35.5. The van der Waals surface area contributed by atoms with Gasteiger partial charge >= 0.3 is 0 Å². The number of nitrogens with one attached hydrogen (secondary N) is 1. The van der Waals surface area contributed by atoms with Gasteiger partial charge in [0.25, 0.3) is 0 Å². The van der Waals surface area contributed by atoms with Crippen LogP contribution in [0.3, 0.4) is 0 Å². The van der Waals surface area contributed by atoms with Crippen LogP contribution in [0, 0.1) is 23.2 Å². The van der Waals surface area contributed by atoms with Crippen LogP contribution in [-0.2, 0) is 13.1 Å². The van der Waals surface area contributed by atoms with Crippen molar-refractivity contribution in [1.82, 2.24) is 9.88 Å². The average molecular weight is 433 g/mol. The molecule has 1 N–H and O–H groups in total. The molecule has 0 amide bonds. The maximum Gasteiger partial charge on any atom is 0.0486 e. The van der Waals surface area contributed by atoms with Crippen LogP contribution < -0.4 is 5.32 Å². The van der Waals surface area contributed by atoms with Crippen LogP contribution in [0.4, 0.5) is 0 Å². The second kappa shape index (κ2) is 7.67. The fourth-order valence-corrected chi connectivity index (χ4v) is 7.69. The monoisotopic (exact) mass is 432 g/mol. The van der Waals surface area contributed by atoms with Gasteiger partial charge in [-0.2, -0.15) is 0 Å². The van der Waals surface area contributed by atoms with E-state index in [0.29, 0.717) is 11.5 Å². The second-order valence-corrected chi connectivity index (χ2v) is 11.2. The van der Waals surface area contributed by atoms with Crippen molar-refractivity contribution in [1.29, 1.82) is 0 Å². The topological polar surface area (TPSA) is 17.0 Å². The molecule has 0 spiro atoms. The molecule has 0 unspecified atom stereocenters. The minimum atomic E-state index is 0.552. The van der Waals surface area contributed by atoms with Gasteiger partial charge in [-0.15, -0.1) is 0 Å².